The van der Waals surface area contributed by atoms with Gasteiger partial charge >= 0.3 is 6.09 Å². The summed E-state index contributed by atoms with van der Waals surface area (Å²) in [4.78, 5) is 14.0. The fourth-order valence-electron chi connectivity index (χ4n) is 3.51. The van der Waals surface area contributed by atoms with Gasteiger partial charge in [-0.1, -0.05) is 0 Å². The fourth-order valence-corrected chi connectivity index (χ4v) is 3.51. The number of amides is 1. The van der Waals surface area contributed by atoms with E-state index in [1.165, 1.54) is 25.7 Å². The predicted molar refractivity (Wildman–Crippen MR) is 88.0 cm³/mol. The third-order valence-corrected chi connectivity index (χ3v) is 4.93. The van der Waals surface area contributed by atoms with Crippen LogP contribution in [-0.4, -0.2) is 42.8 Å². The van der Waals surface area contributed by atoms with Gasteiger partial charge in [-0.3, -0.25) is 0 Å². The topological polar surface area (TPSA) is 41.6 Å². The van der Waals surface area contributed by atoms with Gasteiger partial charge in [0.15, 0.2) is 0 Å². The maximum Gasteiger partial charge on any atom is 0.410 e. The summed E-state index contributed by atoms with van der Waals surface area (Å²) in [5.41, 5.74) is 0.100. The molecule has 0 aromatic rings. The highest BCUT2D eigenvalue weighted by atomic mass is 35.5. The molecule has 1 saturated carbocycles. The van der Waals surface area contributed by atoms with Crippen LogP contribution in [0.15, 0.2) is 0 Å². The number of carbonyl (C=O) groups excluding carboxylic acids is 1. The molecule has 2 aliphatic rings. The number of piperidine rings is 1. The highest BCUT2D eigenvalue weighted by molar-refractivity contribution is 5.85. The first-order valence-electron chi connectivity index (χ1n) is 7.99. The van der Waals surface area contributed by atoms with Crippen molar-refractivity contribution in [1.82, 2.24) is 10.2 Å². The molecule has 0 unspecified atom stereocenters. The number of nitrogens with one attached hydrogen (secondary N) is 1. The lowest BCUT2D eigenvalue weighted by Crippen LogP contribution is -2.47. The molecule has 0 aromatic carbocycles. The zero-order valence-electron chi connectivity index (χ0n) is 13.9. The Labute approximate surface area is 135 Å². The van der Waals surface area contributed by atoms with E-state index in [0.717, 1.165) is 25.9 Å². The summed E-state index contributed by atoms with van der Waals surface area (Å²) < 4.78 is 5.46. The fraction of sp³-hybridized carbons (Fsp3) is 0.938. The predicted octanol–water partition coefficient (Wildman–Crippen LogP) is 3.59. The molecule has 0 bridgehead atoms. The minimum Gasteiger partial charge on any atom is -0.444 e. The highest BCUT2D eigenvalue weighted by Crippen LogP contribution is 2.44. The Morgan fingerprint density at radius 3 is 2.10 bits per heavy atom. The van der Waals surface area contributed by atoms with Crippen LogP contribution in [0.25, 0.3) is 0 Å². The van der Waals surface area contributed by atoms with E-state index in [1.54, 1.807) is 0 Å². The summed E-state index contributed by atoms with van der Waals surface area (Å²) in [6.07, 6.45) is 7.31. The van der Waals surface area contributed by atoms with E-state index in [0.29, 0.717) is 11.5 Å². The lowest BCUT2D eigenvalue weighted by Gasteiger charge is -2.46. The molecular formula is C16H31ClN2O2. The Hall–Kier alpha value is -0.480. The number of likely N-dealkylation sites (tertiary alicyclic amines) is 1. The third-order valence-electron chi connectivity index (χ3n) is 4.93. The van der Waals surface area contributed by atoms with E-state index in [4.69, 9.17) is 4.74 Å². The number of rotatable bonds is 1. The van der Waals surface area contributed by atoms with Gasteiger partial charge in [0.25, 0.3) is 0 Å². The van der Waals surface area contributed by atoms with Crippen molar-refractivity contribution in [2.75, 3.05) is 20.1 Å². The van der Waals surface area contributed by atoms with E-state index in [9.17, 15) is 4.79 Å². The van der Waals surface area contributed by atoms with Gasteiger partial charge in [0.2, 0.25) is 0 Å². The van der Waals surface area contributed by atoms with Crippen molar-refractivity contribution >= 4 is 18.5 Å². The molecule has 1 aliphatic carbocycles. The van der Waals surface area contributed by atoms with Crippen LogP contribution in [0.3, 0.4) is 0 Å². The van der Waals surface area contributed by atoms with Crippen LogP contribution in [0, 0.1) is 5.41 Å². The summed E-state index contributed by atoms with van der Waals surface area (Å²) in [5, 5.41) is 3.39. The molecular weight excluding hydrogens is 288 g/mol. The van der Waals surface area contributed by atoms with Gasteiger partial charge in [0.1, 0.15) is 5.60 Å². The van der Waals surface area contributed by atoms with Crippen molar-refractivity contribution in [2.45, 2.75) is 70.9 Å². The van der Waals surface area contributed by atoms with Crippen molar-refractivity contribution in [3.63, 3.8) is 0 Å². The van der Waals surface area contributed by atoms with Crippen LogP contribution >= 0.6 is 12.4 Å². The quantitative estimate of drug-likeness (QED) is 0.803. The van der Waals surface area contributed by atoms with Crippen molar-refractivity contribution < 1.29 is 9.53 Å². The smallest absolute Gasteiger partial charge is 0.410 e. The van der Waals surface area contributed by atoms with E-state index >= 15 is 0 Å². The average molecular weight is 319 g/mol. The van der Waals surface area contributed by atoms with Crippen LogP contribution < -0.4 is 5.32 Å². The van der Waals surface area contributed by atoms with Gasteiger partial charge in [0.05, 0.1) is 0 Å². The number of hydrogen-bond donors (Lipinski definition) is 1. The molecule has 2 rings (SSSR count). The Kier molecular flexibility index (Phi) is 6.36. The van der Waals surface area contributed by atoms with Gasteiger partial charge in [-0.15, -0.1) is 12.4 Å². The first-order chi connectivity index (χ1) is 9.34. The molecule has 0 atom stereocenters. The second-order valence-electron chi connectivity index (χ2n) is 7.53. The number of nitrogens with zero attached hydrogens (tertiary/aromatic N) is 1. The minimum absolute atomic E-state index is 0. The Morgan fingerprint density at radius 2 is 1.67 bits per heavy atom. The zero-order valence-corrected chi connectivity index (χ0v) is 14.7. The van der Waals surface area contributed by atoms with Gasteiger partial charge < -0.3 is 15.0 Å². The molecule has 1 saturated heterocycles. The second kappa shape index (κ2) is 7.19. The normalized spacial score (nSPS) is 22.8. The summed E-state index contributed by atoms with van der Waals surface area (Å²) in [6, 6.07) is 0.699. The minimum atomic E-state index is -0.392. The molecule has 124 valence electrons. The molecule has 21 heavy (non-hydrogen) atoms. The molecule has 4 nitrogen and oxygen atoms in total. The van der Waals surface area contributed by atoms with Gasteiger partial charge in [0, 0.05) is 19.1 Å². The number of halogens is 1. The third kappa shape index (κ3) is 5.03. The average Bonchev–Trinajstić information content (AvgIpc) is 2.38. The molecule has 0 aromatic heterocycles. The molecule has 1 aliphatic heterocycles. The Morgan fingerprint density at radius 1 is 1.14 bits per heavy atom. The van der Waals surface area contributed by atoms with E-state index in [-0.39, 0.29) is 18.5 Å². The van der Waals surface area contributed by atoms with Crippen LogP contribution in [0.4, 0.5) is 4.79 Å². The monoisotopic (exact) mass is 318 g/mol. The maximum absolute atomic E-state index is 12.1. The Balaban J connectivity index is 0.00000220. The van der Waals surface area contributed by atoms with Gasteiger partial charge in [-0.05, 0) is 71.8 Å². The van der Waals surface area contributed by atoms with Crippen LogP contribution in [0.5, 0.6) is 0 Å². The van der Waals surface area contributed by atoms with Crippen LogP contribution in [-0.2, 0) is 4.74 Å². The molecule has 1 N–H and O–H groups in total. The summed E-state index contributed by atoms with van der Waals surface area (Å²) in [7, 11) is 2.06. The first-order valence-corrected chi connectivity index (χ1v) is 7.99. The number of carbonyl (C=O) groups is 1. The summed E-state index contributed by atoms with van der Waals surface area (Å²) >= 11 is 0. The number of ether oxygens (including phenoxy) is 1. The lowest BCUT2D eigenvalue weighted by atomic mass is 9.67. The zero-order chi connectivity index (χ0) is 14.8. The summed E-state index contributed by atoms with van der Waals surface area (Å²) in [6.45, 7) is 7.50. The largest absolute Gasteiger partial charge is 0.444 e. The van der Waals surface area contributed by atoms with E-state index in [2.05, 4.69) is 12.4 Å². The standard InChI is InChI=1S/C16H30N2O2.ClH/c1-15(2,3)20-14(19)18-11-9-16(10-12-18)7-5-13(17-4)6-8-16;/h13,17H,5-12H2,1-4H3;1H. The molecule has 2 fully saturated rings. The van der Waals surface area contributed by atoms with Gasteiger partial charge in [-0.25, -0.2) is 4.79 Å². The molecule has 5 heteroatoms. The molecule has 0 radical (unpaired) electrons. The molecule has 1 spiro atoms. The van der Waals surface area contributed by atoms with E-state index in [1.807, 2.05) is 25.7 Å². The molecule has 1 amide bonds. The van der Waals surface area contributed by atoms with Crippen molar-refractivity contribution in [3.05, 3.63) is 0 Å². The summed E-state index contributed by atoms with van der Waals surface area (Å²) in [5.74, 6) is 0. The van der Waals surface area contributed by atoms with Crippen LogP contribution in [0.1, 0.15) is 59.3 Å². The van der Waals surface area contributed by atoms with Gasteiger partial charge in [-0.2, -0.15) is 0 Å². The Bertz CT molecular complexity index is 337. The molecule has 1 heterocycles. The highest BCUT2D eigenvalue weighted by Gasteiger charge is 2.39. The SMILES string of the molecule is CNC1CCC2(CC1)CCN(C(=O)OC(C)(C)C)CC2.Cl. The van der Waals surface area contributed by atoms with E-state index < -0.39 is 5.60 Å². The lowest BCUT2D eigenvalue weighted by molar-refractivity contribution is 0.00300. The number of hydrogen-bond acceptors (Lipinski definition) is 3. The van der Waals surface area contributed by atoms with Crippen molar-refractivity contribution in [1.29, 1.82) is 0 Å². The van der Waals surface area contributed by atoms with Crippen molar-refractivity contribution in [2.24, 2.45) is 5.41 Å². The first kappa shape index (κ1) is 18.6. The van der Waals surface area contributed by atoms with Crippen LogP contribution in [0.2, 0.25) is 0 Å². The maximum atomic E-state index is 12.1. The second-order valence-corrected chi connectivity index (χ2v) is 7.53. The van der Waals surface area contributed by atoms with Crippen molar-refractivity contribution in [3.8, 4) is 0 Å².